The van der Waals surface area contributed by atoms with Crippen LogP contribution in [0.5, 0.6) is 0 Å². The molecule has 0 saturated carbocycles. The highest BCUT2D eigenvalue weighted by atomic mass is 16.5. The molecule has 0 aromatic carbocycles. The third-order valence-electron chi connectivity index (χ3n) is 9.83. The van der Waals surface area contributed by atoms with Gasteiger partial charge in [0.25, 0.3) is 0 Å². The van der Waals surface area contributed by atoms with Gasteiger partial charge in [0.15, 0.2) is 0 Å². The lowest BCUT2D eigenvalue weighted by Crippen LogP contribution is -2.29. The van der Waals surface area contributed by atoms with Crippen molar-refractivity contribution in [3.63, 3.8) is 0 Å². The van der Waals surface area contributed by atoms with Crippen molar-refractivity contribution in [2.75, 3.05) is 39.5 Å². The minimum Gasteiger partial charge on any atom is -0.465 e. The highest BCUT2D eigenvalue weighted by Crippen LogP contribution is 2.21. The van der Waals surface area contributed by atoms with Crippen molar-refractivity contribution in [3.05, 3.63) is 34.9 Å². The van der Waals surface area contributed by atoms with E-state index in [4.69, 9.17) is 9.47 Å². The van der Waals surface area contributed by atoms with Crippen LogP contribution in [0.25, 0.3) is 0 Å². The monoisotopic (exact) mass is 718 g/mol. The number of allylic oxidation sites excluding steroid dienone is 5. The Labute approximate surface area is 316 Å². The third kappa shape index (κ3) is 33.7. The van der Waals surface area contributed by atoms with Gasteiger partial charge >= 0.3 is 11.9 Å². The summed E-state index contributed by atoms with van der Waals surface area (Å²) in [6, 6.07) is 0. The molecule has 1 atom stereocenters. The fourth-order valence-corrected chi connectivity index (χ4v) is 6.40. The van der Waals surface area contributed by atoms with E-state index in [1.54, 1.807) is 0 Å². The van der Waals surface area contributed by atoms with Gasteiger partial charge in [-0.15, -0.1) is 0 Å². The molecular formula is C45H83NO5. The van der Waals surface area contributed by atoms with E-state index in [1.807, 2.05) is 6.08 Å². The molecule has 0 aliphatic heterocycles. The van der Waals surface area contributed by atoms with Crippen LogP contribution in [0.4, 0.5) is 0 Å². The maximum absolute atomic E-state index is 12.9. The van der Waals surface area contributed by atoms with Crippen LogP contribution >= 0.6 is 0 Å². The van der Waals surface area contributed by atoms with E-state index in [2.05, 4.69) is 58.6 Å². The lowest BCUT2D eigenvalue weighted by Gasteiger charge is -2.21. The number of carbonyl (C=O) groups is 2. The molecule has 0 spiro atoms. The number of unbranched alkanes of at least 4 members (excludes halogenated alkanes) is 13. The van der Waals surface area contributed by atoms with E-state index >= 15 is 0 Å². The molecule has 1 unspecified atom stereocenters. The molecule has 0 aliphatic carbocycles. The maximum Gasteiger partial charge on any atom is 0.308 e. The molecule has 0 heterocycles. The number of esters is 2. The number of nitrogens with zero attached hydrogens (tertiary/aromatic N) is 1. The van der Waals surface area contributed by atoms with E-state index < -0.39 is 0 Å². The van der Waals surface area contributed by atoms with Gasteiger partial charge in [0.05, 0.1) is 19.1 Å². The predicted molar refractivity (Wildman–Crippen MR) is 218 cm³/mol. The Balaban J connectivity index is 4.11. The van der Waals surface area contributed by atoms with Gasteiger partial charge in [0.2, 0.25) is 0 Å². The highest BCUT2D eigenvalue weighted by molar-refractivity contribution is 5.72. The molecule has 6 heteroatoms. The first-order valence-corrected chi connectivity index (χ1v) is 21.3. The quantitative estimate of drug-likeness (QED) is 0.0395. The number of carbonyl (C=O) groups excluding carboxylic acids is 2. The van der Waals surface area contributed by atoms with Gasteiger partial charge in [0, 0.05) is 13.0 Å². The van der Waals surface area contributed by atoms with E-state index in [0.29, 0.717) is 26.2 Å². The molecule has 298 valence electrons. The Kier molecular flexibility index (Phi) is 35.1. The normalized spacial score (nSPS) is 12.7. The molecule has 1 N–H and O–H groups in total. The van der Waals surface area contributed by atoms with Gasteiger partial charge in [0.1, 0.15) is 6.61 Å². The Morgan fingerprint density at radius 2 is 1.12 bits per heavy atom. The summed E-state index contributed by atoms with van der Waals surface area (Å²) < 4.78 is 11.2. The molecule has 0 fully saturated rings. The number of hydrogen-bond acceptors (Lipinski definition) is 6. The topological polar surface area (TPSA) is 76.1 Å². The second kappa shape index (κ2) is 36.4. The van der Waals surface area contributed by atoms with E-state index in [9.17, 15) is 14.7 Å². The first-order valence-electron chi connectivity index (χ1n) is 21.3. The molecule has 51 heavy (non-hydrogen) atoms. The zero-order valence-corrected chi connectivity index (χ0v) is 34.6. The Bertz CT molecular complexity index is 920. The van der Waals surface area contributed by atoms with Gasteiger partial charge in [-0.05, 0) is 111 Å². The van der Waals surface area contributed by atoms with E-state index in [-0.39, 0.29) is 24.5 Å². The summed E-state index contributed by atoms with van der Waals surface area (Å²) in [6.45, 7) is 16.7. The van der Waals surface area contributed by atoms with Crippen LogP contribution in [0.2, 0.25) is 0 Å². The fraction of sp³-hybridized carbons (Fsp3) is 0.822. The molecule has 0 saturated heterocycles. The van der Waals surface area contributed by atoms with Crippen molar-refractivity contribution in [1.29, 1.82) is 0 Å². The molecule has 0 aliphatic rings. The van der Waals surface area contributed by atoms with Crippen LogP contribution in [0, 0.1) is 5.92 Å². The van der Waals surface area contributed by atoms with Crippen LogP contribution in [0.1, 0.15) is 196 Å². The summed E-state index contributed by atoms with van der Waals surface area (Å²) in [5, 5.41) is 9.54. The van der Waals surface area contributed by atoms with Crippen LogP contribution in [-0.4, -0.2) is 61.4 Å². The Hall–Kier alpha value is -1.92. The molecule has 0 aromatic rings. The standard InChI is InChI=1S/C45H83NO5/c1-7-9-11-13-14-19-31-43(30-18-12-10-8-2)45(49)51-38-23-16-15-21-34-46(36-37-47)35-22-17-20-32-44(48)50-39-33-42(6)29-25-28-41(5)27-24-26-40(3)4/h26,28,33,43,47H,7-25,27,29-32,34-39H2,1-6H3/b41-28+,42-33+. The zero-order chi connectivity index (χ0) is 37.8. The van der Waals surface area contributed by atoms with Gasteiger partial charge in [-0.2, -0.15) is 0 Å². The molecule has 0 bridgehead atoms. The van der Waals surface area contributed by atoms with Crippen molar-refractivity contribution < 1.29 is 24.2 Å². The number of ether oxygens (including phenoxy) is 2. The van der Waals surface area contributed by atoms with Gasteiger partial charge in [-0.3, -0.25) is 9.59 Å². The number of hydrogen-bond donors (Lipinski definition) is 1. The van der Waals surface area contributed by atoms with Crippen molar-refractivity contribution in [2.45, 2.75) is 196 Å². The first kappa shape index (κ1) is 49.1. The molecule has 6 nitrogen and oxygen atoms in total. The summed E-state index contributed by atoms with van der Waals surface area (Å²) in [5.74, 6) is -0.00988. The first-order chi connectivity index (χ1) is 24.7. The van der Waals surface area contributed by atoms with Crippen molar-refractivity contribution in [2.24, 2.45) is 5.92 Å². The van der Waals surface area contributed by atoms with Gasteiger partial charge < -0.3 is 19.5 Å². The second-order valence-electron chi connectivity index (χ2n) is 15.2. The van der Waals surface area contributed by atoms with Crippen molar-refractivity contribution in [1.82, 2.24) is 4.90 Å². The summed E-state index contributed by atoms with van der Waals surface area (Å²) in [4.78, 5) is 27.4. The molecular weight excluding hydrogens is 634 g/mol. The SMILES string of the molecule is CCCCCCCCC(CCCCCC)C(=O)OCCCCCCN(CCO)CCCCCC(=O)OC/C=C(\C)CC/C=C(\C)CCC=C(C)C. The Morgan fingerprint density at radius 1 is 0.588 bits per heavy atom. The van der Waals surface area contributed by atoms with E-state index in [0.717, 1.165) is 109 Å². The number of aliphatic hydroxyl groups is 1. The van der Waals surface area contributed by atoms with Crippen molar-refractivity contribution >= 4 is 11.9 Å². The van der Waals surface area contributed by atoms with Gasteiger partial charge in [-0.1, -0.05) is 126 Å². The molecule has 0 amide bonds. The van der Waals surface area contributed by atoms with E-state index in [1.165, 1.54) is 68.1 Å². The summed E-state index contributed by atoms with van der Waals surface area (Å²) in [5.41, 5.74) is 4.08. The minimum absolute atomic E-state index is 0.0323. The smallest absolute Gasteiger partial charge is 0.308 e. The number of aliphatic hydroxyl groups excluding tert-OH is 1. The number of rotatable bonds is 36. The van der Waals surface area contributed by atoms with Crippen LogP contribution in [0.3, 0.4) is 0 Å². The van der Waals surface area contributed by atoms with Crippen LogP contribution in [0.15, 0.2) is 34.9 Å². The third-order valence-corrected chi connectivity index (χ3v) is 9.83. The zero-order valence-electron chi connectivity index (χ0n) is 34.6. The van der Waals surface area contributed by atoms with Crippen LogP contribution < -0.4 is 0 Å². The highest BCUT2D eigenvalue weighted by Gasteiger charge is 2.19. The van der Waals surface area contributed by atoms with Gasteiger partial charge in [-0.25, -0.2) is 0 Å². The second-order valence-corrected chi connectivity index (χ2v) is 15.2. The fourth-order valence-electron chi connectivity index (χ4n) is 6.40. The van der Waals surface area contributed by atoms with Crippen LogP contribution in [-0.2, 0) is 19.1 Å². The van der Waals surface area contributed by atoms with Crippen molar-refractivity contribution in [3.8, 4) is 0 Å². The maximum atomic E-state index is 12.9. The Morgan fingerprint density at radius 3 is 1.75 bits per heavy atom. The molecule has 0 aromatic heterocycles. The lowest BCUT2D eigenvalue weighted by molar-refractivity contribution is -0.149. The molecule has 0 radical (unpaired) electrons. The average molecular weight is 718 g/mol. The average Bonchev–Trinajstić information content (AvgIpc) is 3.09. The summed E-state index contributed by atoms with van der Waals surface area (Å²) in [6.07, 6.45) is 32.7. The summed E-state index contributed by atoms with van der Waals surface area (Å²) in [7, 11) is 0. The minimum atomic E-state index is -0.118. The molecule has 0 rings (SSSR count). The predicted octanol–water partition coefficient (Wildman–Crippen LogP) is 12.2. The largest absolute Gasteiger partial charge is 0.465 e. The lowest BCUT2D eigenvalue weighted by atomic mass is 9.94. The summed E-state index contributed by atoms with van der Waals surface area (Å²) >= 11 is 0.